The standard InChI is InChI=1S/C9H11NO3S/c1-10-9(13-2)7-5-3-4-6-8(7)14(10,11)12/h3-6,9H,1-2H3. The van der Waals surface area contributed by atoms with Gasteiger partial charge in [-0.3, -0.25) is 0 Å². The van der Waals surface area contributed by atoms with Gasteiger partial charge in [-0.25, -0.2) is 8.42 Å². The lowest BCUT2D eigenvalue weighted by Gasteiger charge is -2.16. The molecule has 0 bridgehead atoms. The molecule has 0 N–H and O–H groups in total. The van der Waals surface area contributed by atoms with Crippen molar-refractivity contribution in [3.8, 4) is 0 Å². The molecule has 1 aliphatic heterocycles. The van der Waals surface area contributed by atoms with Gasteiger partial charge in [0.25, 0.3) is 0 Å². The SMILES string of the molecule is COC1c2ccccc2S(=O)(=O)N1C. The van der Waals surface area contributed by atoms with Crippen molar-refractivity contribution in [1.82, 2.24) is 4.31 Å². The van der Waals surface area contributed by atoms with Gasteiger partial charge in [-0.2, -0.15) is 4.31 Å². The number of rotatable bonds is 1. The van der Waals surface area contributed by atoms with Gasteiger partial charge in [-0.1, -0.05) is 18.2 Å². The average Bonchev–Trinajstić information content (AvgIpc) is 2.37. The molecule has 4 nitrogen and oxygen atoms in total. The molecule has 1 atom stereocenters. The van der Waals surface area contributed by atoms with Gasteiger partial charge in [0.15, 0.2) is 6.23 Å². The van der Waals surface area contributed by atoms with Crippen LogP contribution < -0.4 is 0 Å². The summed E-state index contributed by atoms with van der Waals surface area (Å²) in [6.45, 7) is 0. The topological polar surface area (TPSA) is 46.6 Å². The van der Waals surface area contributed by atoms with Crippen molar-refractivity contribution < 1.29 is 13.2 Å². The number of sulfonamides is 1. The summed E-state index contributed by atoms with van der Waals surface area (Å²) in [5, 5.41) is 0. The van der Waals surface area contributed by atoms with E-state index in [4.69, 9.17) is 4.74 Å². The summed E-state index contributed by atoms with van der Waals surface area (Å²) in [5.74, 6) is 0. The van der Waals surface area contributed by atoms with Crippen LogP contribution in [0.2, 0.25) is 0 Å². The molecular formula is C9H11NO3S. The number of methoxy groups -OCH3 is 1. The van der Waals surface area contributed by atoms with E-state index in [1.165, 1.54) is 18.5 Å². The summed E-state index contributed by atoms with van der Waals surface area (Å²) in [7, 11) is -0.321. The van der Waals surface area contributed by atoms with Gasteiger partial charge in [0.1, 0.15) is 0 Å². The van der Waals surface area contributed by atoms with Gasteiger partial charge in [-0.15, -0.1) is 0 Å². The maximum Gasteiger partial charge on any atom is 0.245 e. The Labute approximate surface area is 83.2 Å². The first-order valence-electron chi connectivity index (χ1n) is 4.19. The van der Waals surface area contributed by atoms with Crippen LogP contribution in [0.3, 0.4) is 0 Å². The molecule has 1 aliphatic rings. The lowest BCUT2D eigenvalue weighted by Crippen LogP contribution is -2.24. The van der Waals surface area contributed by atoms with E-state index in [1.807, 2.05) is 0 Å². The Kier molecular flexibility index (Phi) is 2.10. The van der Waals surface area contributed by atoms with Crippen LogP contribution >= 0.6 is 0 Å². The van der Waals surface area contributed by atoms with Gasteiger partial charge in [0.2, 0.25) is 10.0 Å². The zero-order valence-electron chi connectivity index (χ0n) is 7.97. The molecule has 0 saturated carbocycles. The lowest BCUT2D eigenvalue weighted by molar-refractivity contribution is 0.0309. The molecule has 0 saturated heterocycles. The summed E-state index contributed by atoms with van der Waals surface area (Å²) >= 11 is 0. The van der Waals surface area contributed by atoms with Crippen molar-refractivity contribution in [3.05, 3.63) is 29.8 Å². The zero-order valence-corrected chi connectivity index (χ0v) is 8.78. The molecule has 0 radical (unpaired) electrons. The molecule has 2 rings (SSSR count). The Hall–Kier alpha value is -0.910. The lowest BCUT2D eigenvalue weighted by atomic mass is 10.2. The van der Waals surface area contributed by atoms with E-state index in [0.717, 1.165) is 0 Å². The third-order valence-electron chi connectivity index (χ3n) is 2.40. The fourth-order valence-electron chi connectivity index (χ4n) is 1.67. The fraction of sp³-hybridized carbons (Fsp3) is 0.333. The Morgan fingerprint density at radius 3 is 2.64 bits per heavy atom. The summed E-state index contributed by atoms with van der Waals surface area (Å²) in [5.41, 5.74) is 0.706. The van der Waals surface area contributed by atoms with Crippen LogP contribution in [0.5, 0.6) is 0 Å². The number of fused-ring (bicyclic) bond motifs is 1. The minimum absolute atomic E-state index is 0.342. The number of ether oxygens (including phenoxy) is 1. The van der Waals surface area contributed by atoms with Crippen molar-refractivity contribution in [2.75, 3.05) is 14.2 Å². The van der Waals surface area contributed by atoms with Gasteiger partial charge in [0.05, 0.1) is 4.90 Å². The van der Waals surface area contributed by atoms with E-state index < -0.39 is 16.3 Å². The summed E-state index contributed by atoms with van der Waals surface area (Å²) in [6, 6.07) is 6.88. The highest BCUT2D eigenvalue weighted by Crippen LogP contribution is 2.37. The highest BCUT2D eigenvalue weighted by Gasteiger charge is 2.39. The van der Waals surface area contributed by atoms with E-state index in [0.29, 0.717) is 10.5 Å². The van der Waals surface area contributed by atoms with Crippen LogP contribution in [0.25, 0.3) is 0 Å². The summed E-state index contributed by atoms with van der Waals surface area (Å²) in [4.78, 5) is 0.342. The quantitative estimate of drug-likeness (QED) is 0.698. The van der Waals surface area contributed by atoms with Crippen molar-refractivity contribution in [2.24, 2.45) is 0 Å². The number of hydrogen-bond acceptors (Lipinski definition) is 3. The van der Waals surface area contributed by atoms with Gasteiger partial charge in [0, 0.05) is 19.7 Å². The van der Waals surface area contributed by atoms with Crippen LogP contribution in [0.15, 0.2) is 29.2 Å². The molecular weight excluding hydrogens is 202 g/mol. The first kappa shape index (κ1) is 9.64. The van der Waals surface area contributed by atoms with E-state index >= 15 is 0 Å². The molecule has 76 valence electrons. The molecule has 1 aromatic rings. The highest BCUT2D eigenvalue weighted by atomic mass is 32.2. The number of benzene rings is 1. The molecule has 0 fully saturated rings. The third kappa shape index (κ3) is 1.10. The van der Waals surface area contributed by atoms with E-state index in [9.17, 15) is 8.42 Å². The smallest absolute Gasteiger partial charge is 0.245 e. The Morgan fingerprint density at radius 1 is 1.36 bits per heavy atom. The monoisotopic (exact) mass is 213 g/mol. The molecule has 1 aromatic carbocycles. The maximum absolute atomic E-state index is 11.8. The van der Waals surface area contributed by atoms with E-state index in [2.05, 4.69) is 0 Å². The van der Waals surface area contributed by atoms with Crippen molar-refractivity contribution in [2.45, 2.75) is 11.1 Å². The molecule has 14 heavy (non-hydrogen) atoms. The Bertz CT molecular complexity index is 455. The maximum atomic E-state index is 11.8. The second kappa shape index (κ2) is 3.05. The molecule has 1 heterocycles. The average molecular weight is 213 g/mol. The predicted octanol–water partition coefficient (Wildman–Crippen LogP) is 0.966. The molecule has 0 spiro atoms. The molecule has 0 amide bonds. The number of hydrogen-bond donors (Lipinski definition) is 0. The van der Waals surface area contributed by atoms with Crippen molar-refractivity contribution in [1.29, 1.82) is 0 Å². The zero-order chi connectivity index (χ0) is 10.3. The first-order valence-corrected chi connectivity index (χ1v) is 5.63. The van der Waals surface area contributed by atoms with E-state index in [1.54, 1.807) is 24.3 Å². The van der Waals surface area contributed by atoms with Crippen LogP contribution in [0.1, 0.15) is 11.8 Å². The van der Waals surface area contributed by atoms with Crippen molar-refractivity contribution in [3.63, 3.8) is 0 Å². The fourth-order valence-corrected chi connectivity index (χ4v) is 3.15. The summed E-state index contributed by atoms with van der Waals surface area (Å²) < 4.78 is 30.0. The first-order chi connectivity index (χ1) is 6.59. The predicted molar refractivity (Wildman–Crippen MR) is 51.1 cm³/mol. The largest absolute Gasteiger partial charge is 0.361 e. The van der Waals surface area contributed by atoms with Crippen LogP contribution in [-0.4, -0.2) is 26.9 Å². The molecule has 0 aliphatic carbocycles. The second-order valence-electron chi connectivity index (χ2n) is 3.15. The highest BCUT2D eigenvalue weighted by molar-refractivity contribution is 7.89. The normalized spacial score (nSPS) is 24.9. The second-order valence-corrected chi connectivity index (χ2v) is 5.11. The number of nitrogens with zero attached hydrogens (tertiary/aromatic N) is 1. The molecule has 1 unspecified atom stereocenters. The van der Waals surface area contributed by atoms with Crippen LogP contribution in [-0.2, 0) is 14.8 Å². The summed E-state index contributed by atoms with van der Waals surface area (Å²) in [6.07, 6.45) is -0.490. The van der Waals surface area contributed by atoms with E-state index in [-0.39, 0.29) is 0 Å². The minimum Gasteiger partial charge on any atom is -0.361 e. The van der Waals surface area contributed by atoms with Gasteiger partial charge in [-0.05, 0) is 6.07 Å². The molecule has 0 aromatic heterocycles. The van der Waals surface area contributed by atoms with Gasteiger partial charge < -0.3 is 4.74 Å². The molecule has 5 heteroatoms. The minimum atomic E-state index is -3.34. The Balaban J connectivity index is 2.69. The van der Waals surface area contributed by atoms with Crippen molar-refractivity contribution >= 4 is 10.0 Å². The van der Waals surface area contributed by atoms with Gasteiger partial charge >= 0.3 is 0 Å². The Morgan fingerprint density at radius 2 is 2.00 bits per heavy atom. The van der Waals surface area contributed by atoms with Crippen LogP contribution in [0, 0.1) is 0 Å². The third-order valence-corrected chi connectivity index (χ3v) is 4.27. The van der Waals surface area contributed by atoms with Crippen LogP contribution in [0.4, 0.5) is 0 Å².